The van der Waals surface area contributed by atoms with Crippen molar-refractivity contribution < 1.29 is 17.6 Å². The van der Waals surface area contributed by atoms with Crippen LogP contribution in [0, 0.1) is 5.82 Å². The number of rotatable bonds is 5. The number of carbonyl (C=O) groups excluding carboxylic acids is 1. The molecule has 0 saturated carbocycles. The monoisotopic (exact) mass is 384 g/mol. The van der Waals surface area contributed by atoms with Crippen LogP contribution in [0.15, 0.2) is 83.8 Å². The summed E-state index contributed by atoms with van der Waals surface area (Å²) in [5.74, 6) is -1.04. The Morgan fingerprint density at radius 1 is 0.926 bits per heavy atom. The molecule has 0 fully saturated rings. The smallest absolute Gasteiger partial charge is 0.262 e. The first kappa shape index (κ1) is 18.6. The van der Waals surface area contributed by atoms with Crippen molar-refractivity contribution in [3.8, 4) is 0 Å². The Kier molecular flexibility index (Phi) is 5.23. The van der Waals surface area contributed by atoms with E-state index in [1.807, 2.05) is 6.07 Å². The zero-order valence-electron chi connectivity index (χ0n) is 14.5. The van der Waals surface area contributed by atoms with E-state index in [1.54, 1.807) is 31.3 Å². The second-order valence-electron chi connectivity index (χ2n) is 5.81. The van der Waals surface area contributed by atoms with Crippen molar-refractivity contribution in [3.63, 3.8) is 0 Å². The molecule has 1 N–H and O–H groups in total. The van der Waals surface area contributed by atoms with Gasteiger partial charge in [0.1, 0.15) is 5.82 Å². The van der Waals surface area contributed by atoms with Gasteiger partial charge in [0.25, 0.3) is 15.9 Å². The third-order valence-electron chi connectivity index (χ3n) is 3.96. The van der Waals surface area contributed by atoms with E-state index in [-0.39, 0.29) is 22.1 Å². The van der Waals surface area contributed by atoms with E-state index in [0.29, 0.717) is 5.69 Å². The number of sulfonamides is 1. The van der Waals surface area contributed by atoms with E-state index in [1.165, 1.54) is 47.4 Å². The van der Waals surface area contributed by atoms with Crippen LogP contribution in [0.25, 0.3) is 0 Å². The summed E-state index contributed by atoms with van der Waals surface area (Å²) < 4.78 is 41.1. The highest BCUT2D eigenvalue weighted by molar-refractivity contribution is 7.92. The van der Waals surface area contributed by atoms with Gasteiger partial charge in [-0.15, -0.1) is 0 Å². The van der Waals surface area contributed by atoms with Gasteiger partial charge in [0, 0.05) is 18.3 Å². The summed E-state index contributed by atoms with van der Waals surface area (Å²) in [6, 6.07) is 20.1. The fraction of sp³-hybridized carbons (Fsp3) is 0.0500. The van der Waals surface area contributed by atoms with Crippen molar-refractivity contribution in [1.29, 1.82) is 0 Å². The number of para-hydroxylation sites is 2. The normalized spacial score (nSPS) is 11.0. The molecule has 0 aliphatic heterocycles. The third kappa shape index (κ3) is 4.15. The van der Waals surface area contributed by atoms with Crippen LogP contribution in [0.1, 0.15) is 10.4 Å². The summed E-state index contributed by atoms with van der Waals surface area (Å²) in [4.78, 5) is 14.0. The van der Waals surface area contributed by atoms with Gasteiger partial charge in [0.2, 0.25) is 0 Å². The Bertz CT molecular complexity index is 1070. The molecule has 3 aromatic rings. The molecule has 1 amide bonds. The van der Waals surface area contributed by atoms with Gasteiger partial charge in [-0.2, -0.15) is 0 Å². The molecule has 138 valence electrons. The van der Waals surface area contributed by atoms with Crippen LogP contribution in [0.3, 0.4) is 0 Å². The van der Waals surface area contributed by atoms with Crippen molar-refractivity contribution in [2.24, 2.45) is 0 Å². The molecular formula is C20H17FN2O3S. The van der Waals surface area contributed by atoms with Crippen molar-refractivity contribution >= 4 is 27.3 Å². The summed E-state index contributed by atoms with van der Waals surface area (Å²) in [7, 11) is -2.44. The van der Waals surface area contributed by atoms with Crippen LogP contribution in [0.5, 0.6) is 0 Å². The average molecular weight is 384 g/mol. The Morgan fingerprint density at radius 3 is 2.30 bits per heavy atom. The number of hydrogen-bond donors (Lipinski definition) is 1. The number of nitrogens with zero attached hydrogens (tertiary/aromatic N) is 1. The van der Waals surface area contributed by atoms with Gasteiger partial charge >= 0.3 is 0 Å². The molecule has 0 spiro atoms. The van der Waals surface area contributed by atoms with Crippen LogP contribution in [0.2, 0.25) is 0 Å². The van der Waals surface area contributed by atoms with E-state index in [4.69, 9.17) is 0 Å². The summed E-state index contributed by atoms with van der Waals surface area (Å²) in [6.07, 6.45) is 0. The van der Waals surface area contributed by atoms with Crippen molar-refractivity contribution in [1.82, 2.24) is 0 Å². The molecule has 0 radical (unpaired) electrons. The largest absolute Gasteiger partial charge is 0.311 e. The lowest BCUT2D eigenvalue weighted by atomic mass is 10.2. The molecule has 5 nitrogen and oxygen atoms in total. The van der Waals surface area contributed by atoms with E-state index < -0.39 is 15.8 Å². The van der Waals surface area contributed by atoms with Crippen LogP contribution < -0.4 is 9.62 Å². The highest BCUT2D eigenvalue weighted by Gasteiger charge is 2.19. The maximum Gasteiger partial charge on any atom is 0.262 e. The molecule has 0 aromatic heterocycles. The Morgan fingerprint density at radius 2 is 1.59 bits per heavy atom. The fourth-order valence-electron chi connectivity index (χ4n) is 2.51. The second kappa shape index (κ2) is 7.59. The van der Waals surface area contributed by atoms with Crippen LogP contribution >= 0.6 is 0 Å². The van der Waals surface area contributed by atoms with Crippen LogP contribution in [-0.2, 0) is 10.0 Å². The van der Waals surface area contributed by atoms with E-state index in [0.717, 1.165) is 6.07 Å². The maximum absolute atomic E-state index is 13.7. The quantitative estimate of drug-likeness (QED) is 0.725. The molecule has 3 aromatic carbocycles. The number of amides is 1. The lowest BCUT2D eigenvalue weighted by Gasteiger charge is -2.18. The Hall–Kier alpha value is -3.19. The van der Waals surface area contributed by atoms with Gasteiger partial charge in [-0.25, -0.2) is 12.8 Å². The molecular weight excluding hydrogens is 367 g/mol. The predicted molar refractivity (Wildman–Crippen MR) is 103 cm³/mol. The second-order valence-corrected chi connectivity index (χ2v) is 7.50. The van der Waals surface area contributed by atoms with E-state index >= 15 is 0 Å². The topological polar surface area (TPSA) is 66.5 Å². The zero-order chi connectivity index (χ0) is 19.4. The first-order chi connectivity index (χ1) is 12.9. The molecule has 0 atom stereocenters. The molecule has 0 heterocycles. The molecule has 0 aliphatic rings. The molecule has 0 bridgehead atoms. The molecule has 0 unspecified atom stereocenters. The standard InChI is InChI=1S/C20H17FN2O3S/c1-23(16-9-3-2-4-10-16)20(24)15-8-7-11-17(14-15)27(25,26)22-19-13-6-5-12-18(19)21/h2-14,22H,1H3. The number of benzene rings is 3. The fourth-order valence-corrected chi connectivity index (χ4v) is 3.62. The summed E-state index contributed by atoms with van der Waals surface area (Å²) >= 11 is 0. The predicted octanol–water partition coefficient (Wildman–Crippen LogP) is 3.90. The summed E-state index contributed by atoms with van der Waals surface area (Å²) in [5, 5.41) is 0. The van der Waals surface area contributed by atoms with Crippen molar-refractivity contribution in [2.75, 3.05) is 16.7 Å². The number of anilines is 2. The highest BCUT2D eigenvalue weighted by atomic mass is 32.2. The minimum Gasteiger partial charge on any atom is -0.311 e. The number of hydrogen-bond acceptors (Lipinski definition) is 3. The highest BCUT2D eigenvalue weighted by Crippen LogP contribution is 2.21. The van der Waals surface area contributed by atoms with Crippen LogP contribution in [-0.4, -0.2) is 21.4 Å². The molecule has 0 saturated heterocycles. The van der Waals surface area contributed by atoms with Gasteiger partial charge in [-0.1, -0.05) is 36.4 Å². The molecule has 0 aliphatic carbocycles. The lowest BCUT2D eigenvalue weighted by Crippen LogP contribution is -2.26. The molecule has 27 heavy (non-hydrogen) atoms. The minimum absolute atomic E-state index is 0.127. The van der Waals surface area contributed by atoms with Gasteiger partial charge in [-0.3, -0.25) is 9.52 Å². The van der Waals surface area contributed by atoms with Gasteiger partial charge in [-0.05, 0) is 42.5 Å². The van der Waals surface area contributed by atoms with E-state index in [9.17, 15) is 17.6 Å². The lowest BCUT2D eigenvalue weighted by molar-refractivity contribution is 0.0993. The Labute approximate surface area is 157 Å². The van der Waals surface area contributed by atoms with Gasteiger partial charge in [0.15, 0.2) is 0 Å². The molecule has 7 heteroatoms. The third-order valence-corrected chi connectivity index (χ3v) is 5.32. The van der Waals surface area contributed by atoms with Crippen molar-refractivity contribution in [3.05, 3.63) is 90.2 Å². The average Bonchev–Trinajstić information content (AvgIpc) is 2.69. The summed E-state index contributed by atoms with van der Waals surface area (Å²) in [6.45, 7) is 0. The van der Waals surface area contributed by atoms with E-state index in [2.05, 4.69) is 4.72 Å². The number of carbonyl (C=O) groups is 1. The first-order valence-corrected chi connectivity index (χ1v) is 9.57. The van der Waals surface area contributed by atoms with Crippen molar-refractivity contribution in [2.45, 2.75) is 4.90 Å². The minimum atomic E-state index is -4.04. The zero-order valence-corrected chi connectivity index (χ0v) is 15.3. The first-order valence-electron chi connectivity index (χ1n) is 8.09. The SMILES string of the molecule is CN(C(=O)c1cccc(S(=O)(=O)Nc2ccccc2F)c1)c1ccccc1. The van der Waals surface area contributed by atoms with Gasteiger partial charge in [0.05, 0.1) is 10.6 Å². The summed E-state index contributed by atoms with van der Waals surface area (Å²) in [5.41, 5.74) is 0.730. The number of nitrogens with one attached hydrogen (secondary N) is 1. The Balaban J connectivity index is 1.89. The van der Waals surface area contributed by atoms with Gasteiger partial charge < -0.3 is 4.90 Å². The molecule has 3 rings (SSSR count). The maximum atomic E-state index is 13.7. The van der Waals surface area contributed by atoms with Crippen LogP contribution in [0.4, 0.5) is 15.8 Å². The number of halogens is 1.